The molecule has 0 aromatic rings. The Bertz CT molecular complexity index is 311. The van der Waals surface area contributed by atoms with E-state index in [9.17, 15) is 9.90 Å². The van der Waals surface area contributed by atoms with Crippen LogP contribution in [-0.2, 0) is 4.79 Å². The number of carbonyl (C=O) groups excluding carboxylic acids is 1. The number of carbonyl (C=O) groups is 1. The van der Waals surface area contributed by atoms with E-state index >= 15 is 0 Å². The van der Waals surface area contributed by atoms with Gasteiger partial charge in [0, 0.05) is 12.1 Å². The molecule has 3 aliphatic heterocycles. The van der Waals surface area contributed by atoms with Crippen LogP contribution in [0.3, 0.4) is 0 Å². The van der Waals surface area contributed by atoms with E-state index in [0.29, 0.717) is 0 Å². The first-order valence-electron chi connectivity index (χ1n) is 6.86. The Hall–Kier alpha value is -0.610. The smallest absolute Gasteiger partial charge is 0.243 e. The standard InChI is InChI=1S/C13H22N2O2/c1-13(5-2-6-14-13)12(17)15-9-3-4-10(15)8-11(16)7-9/h9-11,14,16H,2-8H2,1H3. The summed E-state index contributed by atoms with van der Waals surface area (Å²) in [4.78, 5) is 14.8. The highest BCUT2D eigenvalue weighted by atomic mass is 16.3. The highest BCUT2D eigenvalue weighted by Crippen LogP contribution is 2.38. The highest BCUT2D eigenvalue weighted by Gasteiger charge is 2.48. The molecule has 96 valence electrons. The van der Waals surface area contributed by atoms with Gasteiger partial charge in [0.05, 0.1) is 11.6 Å². The number of piperidine rings is 1. The van der Waals surface area contributed by atoms with Gasteiger partial charge >= 0.3 is 0 Å². The summed E-state index contributed by atoms with van der Waals surface area (Å²) in [7, 11) is 0. The van der Waals surface area contributed by atoms with E-state index in [4.69, 9.17) is 0 Å². The molecule has 0 aromatic heterocycles. The Labute approximate surface area is 102 Å². The van der Waals surface area contributed by atoms with E-state index < -0.39 is 0 Å². The molecule has 3 fully saturated rings. The van der Waals surface area contributed by atoms with E-state index in [1.165, 1.54) is 0 Å². The molecule has 0 radical (unpaired) electrons. The van der Waals surface area contributed by atoms with E-state index in [0.717, 1.165) is 45.1 Å². The molecule has 0 aromatic carbocycles. The Balaban J connectivity index is 1.78. The molecular weight excluding hydrogens is 216 g/mol. The molecule has 2 bridgehead atoms. The van der Waals surface area contributed by atoms with E-state index in [2.05, 4.69) is 10.2 Å². The largest absolute Gasteiger partial charge is 0.393 e. The van der Waals surface area contributed by atoms with Gasteiger partial charge in [-0.2, -0.15) is 0 Å². The number of fused-ring (bicyclic) bond motifs is 2. The lowest BCUT2D eigenvalue weighted by Crippen LogP contribution is -2.58. The van der Waals surface area contributed by atoms with Crippen LogP contribution >= 0.6 is 0 Å². The number of nitrogens with one attached hydrogen (secondary N) is 1. The van der Waals surface area contributed by atoms with Gasteiger partial charge < -0.3 is 15.3 Å². The molecule has 0 aliphatic carbocycles. The summed E-state index contributed by atoms with van der Waals surface area (Å²) in [5.41, 5.74) is -0.344. The Kier molecular flexibility index (Phi) is 2.67. The second-order valence-corrected chi connectivity index (χ2v) is 6.09. The maximum absolute atomic E-state index is 12.7. The predicted octanol–water partition coefficient (Wildman–Crippen LogP) is 0.643. The van der Waals surface area contributed by atoms with Gasteiger partial charge in [-0.25, -0.2) is 0 Å². The molecule has 4 heteroatoms. The van der Waals surface area contributed by atoms with Crippen molar-refractivity contribution in [3.8, 4) is 0 Å². The molecule has 3 saturated heterocycles. The van der Waals surface area contributed by atoms with Crippen LogP contribution in [0.1, 0.15) is 45.4 Å². The molecule has 17 heavy (non-hydrogen) atoms. The number of hydrogen-bond donors (Lipinski definition) is 2. The number of aliphatic hydroxyl groups excluding tert-OH is 1. The van der Waals surface area contributed by atoms with Gasteiger partial charge in [0.1, 0.15) is 0 Å². The van der Waals surface area contributed by atoms with Crippen molar-refractivity contribution in [2.24, 2.45) is 0 Å². The van der Waals surface area contributed by atoms with Crippen LogP contribution < -0.4 is 5.32 Å². The van der Waals surface area contributed by atoms with Crippen LogP contribution in [0.5, 0.6) is 0 Å². The quantitative estimate of drug-likeness (QED) is 0.705. The number of rotatable bonds is 1. The average Bonchev–Trinajstić information content (AvgIpc) is 2.82. The van der Waals surface area contributed by atoms with Crippen molar-refractivity contribution in [2.45, 2.75) is 69.2 Å². The minimum atomic E-state index is -0.344. The van der Waals surface area contributed by atoms with Gasteiger partial charge in [-0.1, -0.05) is 0 Å². The molecule has 4 nitrogen and oxygen atoms in total. The van der Waals surface area contributed by atoms with Crippen molar-refractivity contribution >= 4 is 5.91 Å². The van der Waals surface area contributed by atoms with E-state index in [1.807, 2.05) is 6.92 Å². The van der Waals surface area contributed by atoms with E-state index in [-0.39, 0.29) is 29.6 Å². The van der Waals surface area contributed by atoms with Crippen LogP contribution in [0.25, 0.3) is 0 Å². The minimum absolute atomic E-state index is 0.194. The van der Waals surface area contributed by atoms with Crippen LogP contribution in [0.15, 0.2) is 0 Å². The summed E-state index contributed by atoms with van der Waals surface area (Å²) >= 11 is 0. The zero-order valence-corrected chi connectivity index (χ0v) is 10.5. The maximum Gasteiger partial charge on any atom is 0.243 e. The molecule has 2 N–H and O–H groups in total. The summed E-state index contributed by atoms with van der Waals surface area (Å²) in [6.07, 6.45) is 5.54. The zero-order valence-electron chi connectivity index (χ0n) is 10.5. The van der Waals surface area contributed by atoms with Crippen LogP contribution in [-0.4, -0.2) is 46.2 Å². The van der Waals surface area contributed by atoms with Gasteiger partial charge in [-0.3, -0.25) is 4.79 Å². The highest BCUT2D eigenvalue weighted by molar-refractivity contribution is 5.87. The monoisotopic (exact) mass is 238 g/mol. The molecule has 3 unspecified atom stereocenters. The van der Waals surface area contributed by atoms with Gasteiger partial charge in [-0.05, 0) is 52.0 Å². The summed E-state index contributed by atoms with van der Waals surface area (Å²) in [5, 5.41) is 13.1. The van der Waals surface area contributed by atoms with Crippen molar-refractivity contribution in [2.75, 3.05) is 6.54 Å². The number of hydrogen-bond acceptors (Lipinski definition) is 3. The fourth-order valence-electron chi connectivity index (χ4n) is 3.84. The Morgan fingerprint density at radius 2 is 2.00 bits per heavy atom. The lowest BCUT2D eigenvalue weighted by Gasteiger charge is -2.41. The lowest BCUT2D eigenvalue weighted by molar-refractivity contribution is -0.143. The van der Waals surface area contributed by atoms with Crippen molar-refractivity contribution in [1.29, 1.82) is 0 Å². The third-order valence-electron chi connectivity index (χ3n) is 4.78. The van der Waals surface area contributed by atoms with Crippen molar-refractivity contribution < 1.29 is 9.90 Å². The van der Waals surface area contributed by atoms with Crippen molar-refractivity contribution in [3.05, 3.63) is 0 Å². The third kappa shape index (κ3) is 1.78. The third-order valence-corrected chi connectivity index (χ3v) is 4.78. The van der Waals surface area contributed by atoms with Crippen LogP contribution in [0.4, 0.5) is 0 Å². The molecular formula is C13H22N2O2. The molecule has 3 heterocycles. The number of nitrogens with zero attached hydrogens (tertiary/aromatic N) is 1. The first-order chi connectivity index (χ1) is 8.10. The number of aliphatic hydroxyl groups is 1. The van der Waals surface area contributed by atoms with Crippen LogP contribution in [0.2, 0.25) is 0 Å². The zero-order chi connectivity index (χ0) is 12.0. The maximum atomic E-state index is 12.7. The fraction of sp³-hybridized carbons (Fsp3) is 0.923. The molecule has 3 rings (SSSR count). The van der Waals surface area contributed by atoms with Gasteiger partial charge in [0.25, 0.3) is 0 Å². The van der Waals surface area contributed by atoms with Crippen molar-refractivity contribution in [3.63, 3.8) is 0 Å². The molecule has 3 aliphatic rings. The van der Waals surface area contributed by atoms with Gasteiger partial charge in [-0.15, -0.1) is 0 Å². The fourth-order valence-corrected chi connectivity index (χ4v) is 3.84. The second kappa shape index (κ2) is 3.95. The van der Waals surface area contributed by atoms with Gasteiger partial charge in [0.2, 0.25) is 5.91 Å². The second-order valence-electron chi connectivity index (χ2n) is 6.09. The van der Waals surface area contributed by atoms with Crippen molar-refractivity contribution in [1.82, 2.24) is 10.2 Å². The minimum Gasteiger partial charge on any atom is -0.393 e. The Morgan fingerprint density at radius 3 is 2.53 bits per heavy atom. The molecule has 0 spiro atoms. The first-order valence-corrected chi connectivity index (χ1v) is 6.86. The molecule has 0 saturated carbocycles. The summed E-state index contributed by atoms with van der Waals surface area (Å²) in [5.74, 6) is 0.273. The number of amides is 1. The average molecular weight is 238 g/mol. The SMILES string of the molecule is CC1(C(=O)N2C3CCC2CC(O)C3)CCCN1. The summed E-state index contributed by atoms with van der Waals surface area (Å²) in [6, 6.07) is 0.575. The van der Waals surface area contributed by atoms with Crippen LogP contribution in [0, 0.1) is 0 Å². The molecule has 3 atom stereocenters. The summed E-state index contributed by atoms with van der Waals surface area (Å²) in [6.45, 7) is 2.99. The first kappa shape index (κ1) is 11.5. The Morgan fingerprint density at radius 1 is 1.35 bits per heavy atom. The normalized spacial score (nSPS) is 45.3. The topological polar surface area (TPSA) is 52.6 Å². The lowest BCUT2D eigenvalue weighted by atomic mass is 9.93. The summed E-state index contributed by atoms with van der Waals surface area (Å²) < 4.78 is 0. The predicted molar refractivity (Wildman–Crippen MR) is 64.5 cm³/mol. The van der Waals surface area contributed by atoms with E-state index in [1.54, 1.807) is 0 Å². The van der Waals surface area contributed by atoms with Gasteiger partial charge in [0.15, 0.2) is 0 Å². The molecule has 1 amide bonds.